The summed E-state index contributed by atoms with van der Waals surface area (Å²) >= 11 is 7.77. The van der Waals surface area contributed by atoms with Crippen molar-refractivity contribution >= 4 is 55.8 Å². The Morgan fingerprint density at radius 1 is 1.17 bits per heavy atom. The maximum absolute atomic E-state index is 12.2. The molecule has 156 valence electrons. The van der Waals surface area contributed by atoms with E-state index in [1.165, 1.54) is 4.70 Å². The van der Waals surface area contributed by atoms with Crippen LogP contribution in [0.4, 0.5) is 10.8 Å². The second-order valence-corrected chi connectivity index (χ2v) is 8.94. The zero-order valence-electron chi connectivity index (χ0n) is 16.7. The number of benzene rings is 2. The average molecular weight is 443 g/mol. The third-order valence-electron chi connectivity index (χ3n) is 5.35. The Morgan fingerprint density at radius 3 is 2.67 bits per heavy atom. The monoisotopic (exact) mass is 442 g/mol. The van der Waals surface area contributed by atoms with Gasteiger partial charge in [0.1, 0.15) is 0 Å². The van der Waals surface area contributed by atoms with E-state index in [9.17, 15) is 9.59 Å². The van der Waals surface area contributed by atoms with Crippen LogP contribution in [0.3, 0.4) is 0 Å². The number of hydrogen-bond acceptors (Lipinski definition) is 5. The van der Waals surface area contributed by atoms with E-state index >= 15 is 0 Å². The van der Waals surface area contributed by atoms with Crippen LogP contribution < -0.4 is 15.5 Å². The van der Waals surface area contributed by atoms with Gasteiger partial charge in [-0.25, -0.2) is 4.98 Å². The van der Waals surface area contributed by atoms with Crippen molar-refractivity contribution in [2.75, 3.05) is 29.9 Å². The number of amides is 2. The van der Waals surface area contributed by atoms with Crippen LogP contribution in [-0.4, -0.2) is 36.4 Å². The summed E-state index contributed by atoms with van der Waals surface area (Å²) < 4.78 is 1.20. The van der Waals surface area contributed by atoms with Crippen molar-refractivity contribution in [2.45, 2.75) is 19.8 Å². The van der Waals surface area contributed by atoms with Crippen LogP contribution >= 0.6 is 22.9 Å². The summed E-state index contributed by atoms with van der Waals surface area (Å²) in [5, 5.41) is 6.95. The molecule has 2 aromatic carbocycles. The second-order valence-electron chi connectivity index (χ2n) is 7.52. The molecule has 0 aliphatic carbocycles. The first-order valence-electron chi connectivity index (χ1n) is 9.95. The topological polar surface area (TPSA) is 74.3 Å². The number of thiazole rings is 1. The van der Waals surface area contributed by atoms with Crippen molar-refractivity contribution in [2.24, 2.45) is 5.92 Å². The van der Waals surface area contributed by atoms with Crippen LogP contribution in [0.2, 0.25) is 5.02 Å². The molecule has 0 saturated carbocycles. The number of anilines is 2. The number of nitrogens with one attached hydrogen (secondary N) is 2. The Labute approximate surface area is 184 Å². The van der Waals surface area contributed by atoms with Crippen LogP contribution in [-0.2, 0) is 9.59 Å². The number of fused-ring (bicyclic) bond motifs is 1. The molecule has 2 N–H and O–H groups in total. The molecular weight excluding hydrogens is 420 g/mol. The first kappa shape index (κ1) is 20.6. The molecule has 0 bridgehead atoms. The number of aryl methyl sites for hydroxylation is 1. The van der Waals surface area contributed by atoms with Crippen molar-refractivity contribution in [1.29, 1.82) is 0 Å². The number of carbonyl (C=O) groups excluding carboxylic acids is 2. The van der Waals surface area contributed by atoms with Crippen molar-refractivity contribution in [3.8, 4) is 0 Å². The van der Waals surface area contributed by atoms with E-state index in [-0.39, 0.29) is 0 Å². The number of carbonyl (C=O) groups is 2. The molecule has 1 aliphatic rings. The van der Waals surface area contributed by atoms with Gasteiger partial charge in [-0.05, 0) is 55.5 Å². The number of aromatic nitrogens is 1. The zero-order valence-corrected chi connectivity index (χ0v) is 18.2. The summed E-state index contributed by atoms with van der Waals surface area (Å²) in [6, 6.07) is 13.3. The van der Waals surface area contributed by atoms with Gasteiger partial charge in [-0.3, -0.25) is 9.59 Å². The standard InChI is InChI=1S/C22H23ClN4O2S/c1-14-6-7-16(12-17(14)23)25-21(29)20(28)24-13-15-8-10-27(11-9-15)22-26-18-4-2-3-5-19(18)30-22/h2-7,12,15H,8-11,13H2,1H3,(H,24,28)(H,25,29). The summed E-state index contributed by atoms with van der Waals surface area (Å²) in [4.78, 5) is 31.3. The summed E-state index contributed by atoms with van der Waals surface area (Å²) in [5.41, 5.74) is 2.46. The molecule has 4 rings (SSSR count). The molecule has 8 heteroatoms. The Morgan fingerprint density at radius 2 is 1.93 bits per heavy atom. The quantitative estimate of drug-likeness (QED) is 0.593. The molecule has 2 amide bonds. The molecule has 0 unspecified atom stereocenters. The smallest absolute Gasteiger partial charge is 0.313 e. The highest BCUT2D eigenvalue weighted by Crippen LogP contribution is 2.31. The van der Waals surface area contributed by atoms with E-state index < -0.39 is 11.8 Å². The van der Waals surface area contributed by atoms with Crippen molar-refractivity contribution < 1.29 is 9.59 Å². The summed E-state index contributed by atoms with van der Waals surface area (Å²) in [6.07, 6.45) is 1.90. The van der Waals surface area contributed by atoms with Crippen molar-refractivity contribution in [3.63, 3.8) is 0 Å². The summed E-state index contributed by atoms with van der Waals surface area (Å²) in [5.74, 6) is -0.955. The van der Waals surface area contributed by atoms with Crippen LogP contribution in [0.5, 0.6) is 0 Å². The minimum Gasteiger partial charge on any atom is -0.348 e. The van der Waals surface area contributed by atoms with E-state index in [0.29, 0.717) is 23.2 Å². The molecule has 3 aromatic rings. The van der Waals surface area contributed by atoms with Crippen molar-refractivity contribution in [3.05, 3.63) is 53.1 Å². The summed E-state index contributed by atoms with van der Waals surface area (Å²) in [7, 11) is 0. The summed E-state index contributed by atoms with van der Waals surface area (Å²) in [6.45, 7) is 4.17. The first-order chi connectivity index (χ1) is 14.5. The molecule has 0 radical (unpaired) electrons. The number of piperidine rings is 1. The molecule has 0 spiro atoms. The zero-order chi connectivity index (χ0) is 21.1. The largest absolute Gasteiger partial charge is 0.348 e. The normalized spacial score (nSPS) is 14.7. The lowest BCUT2D eigenvalue weighted by Gasteiger charge is -2.31. The van der Waals surface area contributed by atoms with E-state index in [2.05, 4.69) is 21.6 Å². The van der Waals surface area contributed by atoms with Gasteiger partial charge < -0.3 is 15.5 Å². The van der Waals surface area contributed by atoms with Crippen LogP contribution in [0.1, 0.15) is 18.4 Å². The Hall–Kier alpha value is -2.64. The molecule has 0 atom stereocenters. The third kappa shape index (κ3) is 4.74. The van der Waals surface area contributed by atoms with Gasteiger partial charge in [-0.2, -0.15) is 0 Å². The number of para-hydroxylation sites is 1. The maximum atomic E-state index is 12.2. The van der Waals surface area contributed by atoms with Crippen LogP contribution in [0, 0.1) is 12.8 Å². The molecule has 1 fully saturated rings. The van der Waals surface area contributed by atoms with Gasteiger partial charge in [0.05, 0.1) is 10.2 Å². The molecule has 1 aliphatic heterocycles. The average Bonchev–Trinajstić information content (AvgIpc) is 3.19. The van der Waals surface area contributed by atoms with Gasteiger partial charge in [0.25, 0.3) is 0 Å². The first-order valence-corrected chi connectivity index (χ1v) is 11.1. The number of rotatable bonds is 4. The van der Waals surface area contributed by atoms with E-state index in [4.69, 9.17) is 16.6 Å². The highest BCUT2D eigenvalue weighted by atomic mass is 35.5. The third-order valence-corrected chi connectivity index (χ3v) is 6.86. The van der Waals surface area contributed by atoms with Gasteiger partial charge in [-0.15, -0.1) is 0 Å². The minimum atomic E-state index is -0.679. The second kappa shape index (κ2) is 9.02. The predicted molar refractivity (Wildman–Crippen MR) is 122 cm³/mol. The molecule has 1 aromatic heterocycles. The lowest BCUT2D eigenvalue weighted by molar-refractivity contribution is -0.136. The predicted octanol–water partition coefficient (Wildman–Crippen LogP) is 4.23. The molecule has 2 heterocycles. The van der Waals surface area contributed by atoms with Gasteiger partial charge in [0, 0.05) is 30.3 Å². The van der Waals surface area contributed by atoms with Gasteiger partial charge in [-0.1, -0.05) is 41.1 Å². The number of halogens is 1. The number of hydrogen-bond donors (Lipinski definition) is 2. The molecular formula is C22H23ClN4O2S. The SMILES string of the molecule is Cc1ccc(NC(=O)C(=O)NCC2CCN(c3nc4ccccc4s3)CC2)cc1Cl. The van der Waals surface area contributed by atoms with E-state index in [0.717, 1.165) is 42.1 Å². The van der Waals surface area contributed by atoms with E-state index in [1.807, 2.05) is 25.1 Å². The van der Waals surface area contributed by atoms with Crippen molar-refractivity contribution in [1.82, 2.24) is 10.3 Å². The highest BCUT2D eigenvalue weighted by molar-refractivity contribution is 7.22. The molecule has 1 saturated heterocycles. The lowest BCUT2D eigenvalue weighted by atomic mass is 9.97. The van der Waals surface area contributed by atoms with Gasteiger partial charge in [0.2, 0.25) is 0 Å². The van der Waals surface area contributed by atoms with Gasteiger partial charge >= 0.3 is 11.8 Å². The lowest BCUT2D eigenvalue weighted by Crippen LogP contribution is -2.41. The van der Waals surface area contributed by atoms with Gasteiger partial charge in [0.15, 0.2) is 5.13 Å². The molecule has 30 heavy (non-hydrogen) atoms. The van der Waals surface area contributed by atoms with Crippen LogP contribution in [0.25, 0.3) is 10.2 Å². The Kier molecular flexibility index (Phi) is 6.20. The fourth-order valence-electron chi connectivity index (χ4n) is 3.50. The van der Waals surface area contributed by atoms with Crippen LogP contribution in [0.15, 0.2) is 42.5 Å². The Bertz CT molecular complexity index is 1040. The maximum Gasteiger partial charge on any atom is 0.313 e. The fourth-order valence-corrected chi connectivity index (χ4v) is 4.70. The highest BCUT2D eigenvalue weighted by Gasteiger charge is 2.23. The minimum absolute atomic E-state index is 0.348. The number of nitrogens with zero attached hydrogens (tertiary/aromatic N) is 2. The van der Waals surface area contributed by atoms with E-state index in [1.54, 1.807) is 29.5 Å². The molecule has 6 nitrogen and oxygen atoms in total. The Balaban J connectivity index is 1.24. The fraction of sp³-hybridized carbons (Fsp3) is 0.318.